The van der Waals surface area contributed by atoms with Gasteiger partial charge in [0.05, 0.1) is 33.6 Å². The number of amides is 1. The quantitative estimate of drug-likeness (QED) is 0.465. The van der Waals surface area contributed by atoms with Crippen molar-refractivity contribution in [3.8, 4) is 0 Å². The lowest BCUT2D eigenvalue weighted by atomic mass is 9.84. The Morgan fingerprint density at radius 2 is 1.83 bits per heavy atom. The predicted octanol–water partition coefficient (Wildman–Crippen LogP) is 4.86. The number of nitrogens with zero attached hydrogens (tertiary/aromatic N) is 3. The Balaban J connectivity index is 1.49. The van der Waals surface area contributed by atoms with Gasteiger partial charge in [-0.15, -0.1) is 0 Å². The Morgan fingerprint density at radius 3 is 2.53 bits per heavy atom. The zero-order chi connectivity index (χ0) is 25.3. The van der Waals surface area contributed by atoms with Crippen LogP contribution in [0.3, 0.4) is 0 Å². The highest BCUT2D eigenvalue weighted by Gasteiger charge is 2.31. The summed E-state index contributed by atoms with van der Waals surface area (Å²) in [6.45, 7) is 0. The Hall–Kier alpha value is -2.66. The van der Waals surface area contributed by atoms with Gasteiger partial charge < -0.3 is 5.32 Å². The highest BCUT2D eigenvalue weighted by atomic mass is 32.2. The number of fused-ring (bicyclic) bond motifs is 1. The molecule has 3 aromatic rings. The molecule has 0 spiro atoms. The third kappa shape index (κ3) is 5.08. The van der Waals surface area contributed by atoms with Crippen molar-refractivity contribution in [3.05, 3.63) is 46.2 Å². The number of halogens is 1. The molecule has 192 valence electrons. The zero-order valence-corrected chi connectivity index (χ0v) is 21.5. The molecule has 0 aliphatic heterocycles. The zero-order valence-electron chi connectivity index (χ0n) is 19.9. The number of benzene rings is 1. The molecule has 11 heteroatoms. The van der Waals surface area contributed by atoms with E-state index in [1.807, 2.05) is 0 Å². The highest BCUT2D eigenvalue weighted by molar-refractivity contribution is 7.92. The van der Waals surface area contributed by atoms with Crippen molar-refractivity contribution in [3.63, 3.8) is 0 Å². The van der Waals surface area contributed by atoms with E-state index in [1.165, 1.54) is 29.1 Å². The molecule has 1 aromatic carbocycles. The van der Waals surface area contributed by atoms with Gasteiger partial charge in [-0.05, 0) is 43.4 Å². The first-order valence-corrected chi connectivity index (χ1v) is 14.9. The van der Waals surface area contributed by atoms with Crippen molar-refractivity contribution >= 4 is 43.1 Å². The van der Waals surface area contributed by atoms with Crippen molar-refractivity contribution in [1.82, 2.24) is 14.5 Å². The largest absolute Gasteiger partial charge is 0.300 e. The van der Waals surface area contributed by atoms with Crippen molar-refractivity contribution in [2.75, 3.05) is 5.32 Å². The van der Waals surface area contributed by atoms with Gasteiger partial charge >= 0.3 is 0 Å². The minimum atomic E-state index is -3.48. The van der Waals surface area contributed by atoms with Gasteiger partial charge in [-0.1, -0.05) is 56.3 Å². The van der Waals surface area contributed by atoms with Crippen LogP contribution in [0.4, 0.5) is 9.52 Å². The summed E-state index contributed by atoms with van der Waals surface area (Å²) >= 11 is 0.726. The van der Waals surface area contributed by atoms with Crippen molar-refractivity contribution in [2.24, 2.45) is 5.92 Å². The second-order valence-corrected chi connectivity index (χ2v) is 13.0. The number of hydrogen-bond donors (Lipinski definition) is 1. The molecule has 0 unspecified atom stereocenters. The first-order valence-electron chi connectivity index (χ1n) is 12.5. The lowest BCUT2D eigenvalue weighted by Gasteiger charge is -2.27. The molecule has 0 bridgehead atoms. The van der Waals surface area contributed by atoms with Gasteiger partial charge in [-0.3, -0.25) is 14.2 Å². The van der Waals surface area contributed by atoms with E-state index in [1.54, 1.807) is 0 Å². The molecule has 2 aromatic heterocycles. The first kappa shape index (κ1) is 25.0. The maximum atomic E-state index is 13.5. The molecule has 5 rings (SSSR count). The summed E-state index contributed by atoms with van der Waals surface area (Å²) in [5.41, 5.74) is -0.125. The molecule has 1 amide bonds. The minimum Gasteiger partial charge on any atom is -0.300 e. The lowest BCUT2D eigenvalue weighted by molar-refractivity contribution is -0.120. The van der Waals surface area contributed by atoms with E-state index < -0.39 is 37.7 Å². The number of carbonyl (C=O) groups is 1. The topological polar surface area (TPSA) is 111 Å². The minimum absolute atomic E-state index is 0.134. The van der Waals surface area contributed by atoms with Gasteiger partial charge in [-0.2, -0.15) is 4.39 Å². The molecule has 0 saturated heterocycles. The molecular formula is C25H29FN4O4S2. The Kier molecular flexibility index (Phi) is 7.21. The molecule has 0 radical (unpaired) electrons. The number of nitrogens with one attached hydrogen (secondary N) is 1. The summed E-state index contributed by atoms with van der Waals surface area (Å²) in [7, 11) is -3.48. The molecule has 2 saturated carbocycles. The number of anilines is 1. The SMILES string of the molecule is O=C(Nc1ncc(F)s1)[C@H](CC1CCCCC1)n1cnc2cc(S(=O)(=O)C3CCCC3)ccc2c1=O. The van der Waals surface area contributed by atoms with E-state index in [9.17, 15) is 22.4 Å². The number of hydrogen-bond acceptors (Lipinski definition) is 7. The van der Waals surface area contributed by atoms with Gasteiger partial charge in [0.1, 0.15) is 6.04 Å². The summed E-state index contributed by atoms with van der Waals surface area (Å²) in [6.07, 6.45) is 11.2. The van der Waals surface area contributed by atoms with E-state index in [-0.39, 0.29) is 26.8 Å². The molecular weight excluding hydrogens is 503 g/mol. The molecule has 36 heavy (non-hydrogen) atoms. The number of thiazole rings is 1. The average Bonchev–Trinajstić information content (AvgIpc) is 3.56. The second-order valence-electron chi connectivity index (χ2n) is 9.80. The second kappa shape index (κ2) is 10.4. The molecule has 1 atom stereocenters. The number of sulfone groups is 1. The van der Waals surface area contributed by atoms with Crippen LogP contribution in [-0.2, 0) is 14.6 Å². The van der Waals surface area contributed by atoms with E-state index in [4.69, 9.17) is 0 Å². The van der Waals surface area contributed by atoms with E-state index >= 15 is 0 Å². The van der Waals surface area contributed by atoms with Crippen LogP contribution in [0.2, 0.25) is 0 Å². The Labute approximate surface area is 212 Å². The van der Waals surface area contributed by atoms with Gasteiger partial charge in [-0.25, -0.2) is 18.4 Å². The number of carbonyl (C=O) groups excluding carboxylic acids is 1. The van der Waals surface area contributed by atoms with Crippen LogP contribution in [0.5, 0.6) is 0 Å². The van der Waals surface area contributed by atoms with Crippen molar-refractivity contribution in [2.45, 2.75) is 80.4 Å². The van der Waals surface area contributed by atoms with Gasteiger partial charge in [0, 0.05) is 0 Å². The smallest absolute Gasteiger partial charge is 0.261 e. The third-order valence-electron chi connectivity index (χ3n) is 7.45. The lowest BCUT2D eigenvalue weighted by Crippen LogP contribution is -2.35. The molecule has 2 fully saturated rings. The fourth-order valence-corrected chi connectivity index (χ4v) is 7.91. The van der Waals surface area contributed by atoms with Crippen molar-refractivity contribution < 1.29 is 17.6 Å². The van der Waals surface area contributed by atoms with E-state index in [0.717, 1.165) is 62.5 Å². The Morgan fingerprint density at radius 1 is 1.11 bits per heavy atom. The standard InChI is InChI=1S/C25H29FN4O4S2/c26-22-14-27-25(35-22)29-23(31)21(12-16-6-2-1-3-7-16)30-15-28-20-13-18(10-11-19(20)24(30)32)36(33,34)17-8-4-5-9-17/h10-11,13-17,21H,1-9,12H2,(H,27,29,31)/t21-/m0/s1. The first-order chi connectivity index (χ1) is 17.3. The predicted molar refractivity (Wildman–Crippen MR) is 136 cm³/mol. The van der Waals surface area contributed by atoms with Crippen LogP contribution in [0.15, 0.2) is 40.4 Å². The average molecular weight is 533 g/mol. The monoisotopic (exact) mass is 532 g/mol. The van der Waals surface area contributed by atoms with Gasteiger partial charge in [0.25, 0.3) is 5.56 Å². The normalized spacial score (nSPS) is 18.5. The number of rotatable bonds is 7. The molecule has 2 aliphatic carbocycles. The maximum Gasteiger partial charge on any atom is 0.261 e. The van der Waals surface area contributed by atoms with E-state index in [0.29, 0.717) is 19.3 Å². The van der Waals surface area contributed by atoms with Gasteiger partial charge in [0.2, 0.25) is 5.91 Å². The Bertz CT molecular complexity index is 1420. The summed E-state index contributed by atoms with van der Waals surface area (Å²) in [5, 5.41) is 2.13. The fourth-order valence-electron chi connectivity index (χ4n) is 5.49. The van der Waals surface area contributed by atoms with Crippen LogP contribution >= 0.6 is 11.3 Å². The molecule has 2 aliphatic rings. The summed E-state index contributed by atoms with van der Waals surface area (Å²) in [5.74, 6) is -0.164. The summed E-state index contributed by atoms with van der Waals surface area (Å²) in [4.78, 5) is 35.2. The fraction of sp³-hybridized carbons (Fsp3) is 0.520. The van der Waals surface area contributed by atoms with Gasteiger partial charge in [0.15, 0.2) is 20.1 Å². The maximum absolute atomic E-state index is 13.5. The van der Waals surface area contributed by atoms with Crippen molar-refractivity contribution in [1.29, 1.82) is 0 Å². The molecule has 8 nitrogen and oxygen atoms in total. The number of aromatic nitrogens is 3. The van der Waals surface area contributed by atoms with Crippen LogP contribution < -0.4 is 10.9 Å². The third-order valence-corrected chi connectivity index (χ3v) is 10.4. The van der Waals surface area contributed by atoms with Crippen LogP contribution in [0.25, 0.3) is 10.9 Å². The molecule has 1 N–H and O–H groups in total. The molecule has 2 heterocycles. The van der Waals surface area contributed by atoms with Crippen LogP contribution in [0, 0.1) is 11.0 Å². The summed E-state index contributed by atoms with van der Waals surface area (Å²) in [6, 6.07) is 3.59. The van der Waals surface area contributed by atoms with Crippen LogP contribution in [-0.4, -0.2) is 34.1 Å². The summed E-state index contributed by atoms with van der Waals surface area (Å²) < 4.78 is 40.8. The van der Waals surface area contributed by atoms with Crippen LogP contribution in [0.1, 0.15) is 70.3 Å². The highest BCUT2D eigenvalue weighted by Crippen LogP contribution is 2.33. The van der Waals surface area contributed by atoms with E-state index in [2.05, 4.69) is 15.3 Å².